The molecule has 0 bridgehead atoms. The standard InChI is InChI=1S/C13H8BrCl2N3O2S2/c14-10-11(13(16)22-12(10)15)23(20,21)18-8-1-3-9(4-2-8)19-6-5-17-7-19/h1-7,18H. The summed E-state index contributed by atoms with van der Waals surface area (Å²) >= 11 is 16.0. The van der Waals surface area contributed by atoms with Gasteiger partial charge in [0.25, 0.3) is 10.0 Å². The number of thiophene rings is 1. The first-order valence-corrected chi connectivity index (χ1v) is 9.98. The number of rotatable bonds is 4. The van der Waals surface area contributed by atoms with Crippen molar-refractivity contribution in [1.82, 2.24) is 9.55 Å². The number of nitrogens with one attached hydrogen (secondary N) is 1. The summed E-state index contributed by atoms with van der Waals surface area (Å²) in [4.78, 5) is 3.90. The monoisotopic (exact) mass is 451 g/mol. The molecule has 3 rings (SSSR count). The highest BCUT2D eigenvalue weighted by Gasteiger charge is 2.26. The summed E-state index contributed by atoms with van der Waals surface area (Å²) < 4.78 is 29.9. The maximum absolute atomic E-state index is 12.5. The number of hydrogen-bond acceptors (Lipinski definition) is 4. The Labute approximate surface area is 155 Å². The van der Waals surface area contributed by atoms with E-state index in [9.17, 15) is 8.42 Å². The molecule has 0 unspecified atom stereocenters. The molecule has 0 saturated heterocycles. The van der Waals surface area contributed by atoms with Gasteiger partial charge in [-0.1, -0.05) is 23.2 Å². The van der Waals surface area contributed by atoms with E-state index in [0.717, 1.165) is 17.0 Å². The van der Waals surface area contributed by atoms with E-state index in [-0.39, 0.29) is 18.0 Å². The molecule has 0 spiro atoms. The van der Waals surface area contributed by atoms with Crippen LogP contribution in [0.2, 0.25) is 8.67 Å². The molecule has 2 heterocycles. The SMILES string of the molecule is O=S(=O)(Nc1ccc(-n2ccnc2)cc1)c1c(Cl)sc(Cl)c1Br. The maximum atomic E-state index is 12.5. The van der Waals surface area contributed by atoms with Crippen molar-refractivity contribution in [3.05, 3.63) is 56.1 Å². The first kappa shape index (κ1) is 16.8. The predicted octanol–water partition coefficient (Wildman–Crippen LogP) is 4.80. The van der Waals surface area contributed by atoms with Crippen LogP contribution < -0.4 is 4.72 Å². The van der Waals surface area contributed by atoms with E-state index in [1.165, 1.54) is 0 Å². The lowest BCUT2D eigenvalue weighted by Gasteiger charge is -2.09. The van der Waals surface area contributed by atoms with Crippen LogP contribution in [0.5, 0.6) is 0 Å². The number of imidazole rings is 1. The molecule has 23 heavy (non-hydrogen) atoms. The topological polar surface area (TPSA) is 64.0 Å². The van der Waals surface area contributed by atoms with E-state index in [1.807, 2.05) is 4.57 Å². The Hall–Kier alpha value is -1.06. The minimum Gasteiger partial charge on any atom is -0.306 e. The van der Waals surface area contributed by atoms with E-state index in [0.29, 0.717) is 5.69 Å². The zero-order valence-corrected chi connectivity index (χ0v) is 15.9. The lowest BCUT2D eigenvalue weighted by Crippen LogP contribution is -2.13. The Morgan fingerprint density at radius 1 is 1.17 bits per heavy atom. The van der Waals surface area contributed by atoms with Crippen molar-refractivity contribution in [2.45, 2.75) is 4.90 Å². The lowest BCUT2D eigenvalue weighted by atomic mass is 10.3. The molecular formula is C13H8BrCl2N3O2S2. The van der Waals surface area contributed by atoms with E-state index in [2.05, 4.69) is 25.6 Å². The van der Waals surface area contributed by atoms with Crippen LogP contribution in [0.15, 0.2) is 52.4 Å². The third-order valence-corrected chi connectivity index (χ3v) is 7.77. The molecule has 0 amide bonds. The fourth-order valence-electron chi connectivity index (χ4n) is 1.89. The first-order chi connectivity index (χ1) is 10.9. The predicted molar refractivity (Wildman–Crippen MR) is 96.4 cm³/mol. The largest absolute Gasteiger partial charge is 0.306 e. The summed E-state index contributed by atoms with van der Waals surface area (Å²) in [6, 6.07) is 6.86. The minimum atomic E-state index is -3.84. The molecule has 1 N–H and O–H groups in total. The minimum absolute atomic E-state index is 0.0622. The Bertz CT molecular complexity index is 939. The highest BCUT2D eigenvalue weighted by molar-refractivity contribution is 9.10. The third-order valence-electron chi connectivity index (χ3n) is 2.92. The number of anilines is 1. The van der Waals surface area contributed by atoms with Crippen molar-refractivity contribution >= 4 is 66.2 Å². The van der Waals surface area contributed by atoms with Gasteiger partial charge in [0, 0.05) is 23.8 Å². The van der Waals surface area contributed by atoms with Gasteiger partial charge in [-0.05, 0) is 40.2 Å². The van der Waals surface area contributed by atoms with E-state index < -0.39 is 10.0 Å². The summed E-state index contributed by atoms with van der Waals surface area (Å²) in [5, 5.41) is 0. The maximum Gasteiger partial charge on any atom is 0.265 e. The van der Waals surface area contributed by atoms with Crippen LogP contribution in [0.1, 0.15) is 0 Å². The van der Waals surface area contributed by atoms with Crippen LogP contribution in [0.25, 0.3) is 5.69 Å². The van der Waals surface area contributed by atoms with Crippen molar-refractivity contribution in [3.8, 4) is 5.69 Å². The van der Waals surface area contributed by atoms with Crippen molar-refractivity contribution in [1.29, 1.82) is 0 Å². The molecule has 0 fully saturated rings. The fourth-order valence-corrected chi connectivity index (χ4v) is 6.51. The number of nitrogens with zero attached hydrogens (tertiary/aromatic N) is 2. The van der Waals surface area contributed by atoms with E-state index in [4.69, 9.17) is 23.2 Å². The molecule has 10 heteroatoms. The van der Waals surface area contributed by atoms with Gasteiger partial charge in [0.2, 0.25) is 0 Å². The summed E-state index contributed by atoms with van der Waals surface area (Å²) in [5.41, 5.74) is 1.28. The number of benzene rings is 1. The number of hydrogen-bond donors (Lipinski definition) is 1. The van der Waals surface area contributed by atoms with Gasteiger partial charge in [0.05, 0.1) is 10.8 Å². The Balaban J connectivity index is 1.89. The number of aromatic nitrogens is 2. The number of sulfonamides is 1. The second kappa shape index (κ2) is 6.45. The second-order valence-corrected chi connectivity index (χ2v) is 9.05. The summed E-state index contributed by atoms with van der Waals surface area (Å²) in [6.45, 7) is 0. The lowest BCUT2D eigenvalue weighted by molar-refractivity contribution is 0.601. The first-order valence-electron chi connectivity index (χ1n) is 6.13. The smallest absolute Gasteiger partial charge is 0.265 e. The zero-order chi connectivity index (χ0) is 16.6. The summed E-state index contributed by atoms with van der Waals surface area (Å²) in [6.07, 6.45) is 5.11. The molecule has 120 valence electrons. The van der Waals surface area contributed by atoms with Crippen LogP contribution >= 0.6 is 50.5 Å². The normalized spacial score (nSPS) is 11.6. The van der Waals surface area contributed by atoms with Crippen LogP contribution in [-0.2, 0) is 10.0 Å². The molecule has 3 aromatic rings. The van der Waals surface area contributed by atoms with Crippen molar-refractivity contribution in [3.63, 3.8) is 0 Å². The average Bonchev–Trinajstić information content (AvgIpc) is 3.09. The molecule has 1 aromatic carbocycles. The Morgan fingerprint density at radius 3 is 2.39 bits per heavy atom. The van der Waals surface area contributed by atoms with Crippen LogP contribution in [-0.4, -0.2) is 18.0 Å². The van der Waals surface area contributed by atoms with E-state index >= 15 is 0 Å². The molecule has 0 aliphatic carbocycles. The fraction of sp³-hybridized carbons (Fsp3) is 0. The van der Waals surface area contributed by atoms with Gasteiger partial charge in [0.15, 0.2) is 0 Å². The molecule has 0 aliphatic rings. The highest BCUT2D eigenvalue weighted by Crippen LogP contribution is 2.43. The van der Waals surface area contributed by atoms with Gasteiger partial charge in [0.1, 0.15) is 13.6 Å². The summed E-state index contributed by atoms with van der Waals surface area (Å²) in [5.74, 6) is 0. The summed E-state index contributed by atoms with van der Waals surface area (Å²) in [7, 11) is -3.84. The van der Waals surface area contributed by atoms with Gasteiger partial charge in [-0.25, -0.2) is 13.4 Å². The van der Waals surface area contributed by atoms with Crippen molar-refractivity contribution < 1.29 is 8.42 Å². The van der Waals surface area contributed by atoms with Crippen molar-refractivity contribution in [2.75, 3.05) is 4.72 Å². The third kappa shape index (κ3) is 3.41. The van der Waals surface area contributed by atoms with Crippen LogP contribution in [0.4, 0.5) is 5.69 Å². The van der Waals surface area contributed by atoms with Gasteiger partial charge >= 0.3 is 0 Å². The average molecular weight is 453 g/mol. The quantitative estimate of drug-likeness (QED) is 0.618. The molecule has 5 nitrogen and oxygen atoms in total. The van der Waals surface area contributed by atoms with Gasteiger partial charge < -0.3 is 4.57 Å². The second-order valence-electron chi connectivity index (χ2n) is 4.41. The molecule has 0 saturated carbocycles. The van der Waals surface area contributed by atoms with Crippen LogP contribution in [0.3, 0.4) is 0 Å². The van der Waals surface area contributed by atoms with E-state index in [1.54, 1.807) is 43.0 Å². The van der Waals surface area contributed by atoms with Gasteiger partial charge in [-0.3, -0.25) is 4.72 Å². The molecular weight excluding hydrogens is 445 g/mol. The van der Waals surface area contributed by atoms with Crippen molar-refractivity contribution in [2.24, 2.45) is 0 Å². The molecule has 2 aromatic heterocycles. The Kier molecular flexibility index (Phi) is 4.70. The van der Waals surface area contributed by atoms with Gasteiger partial charge in [-0.15, -0.1) is 11.3 Å². The molecule has 0 radical (unpaired) electrons. The highest BCUT2D eigenvalue weighted by atomic mass is 79.9. The van der Waals surface area contributed by atoms with Gasteiger partial charge in [-0.2, -0.15) is 0 Å². The molecule has 0 atom stereocenters. The number of halogens is 3. The molecule has 0 aliphatic heterocycles. The van der Waals surface area contributed by atoms with Crippen LogP contribution in [0, 0.1) is 0 Å². The Morgan fingerprint density at radius 2 is 1.87 bits per heavy atom. The zero-order valence-electron chi connectivity index (χ0n) is 11.2.